The molecule has 8 heteroatoms. The molecule has 8 nitrogen and oxygen atoms in total. The average molecular weight is 332 g/mol. The molecule has 2 rings (SSSR count). The molecule has 0 unspecified atom stereocenters. The molecule has 0 aliphatic carbocycles. The standard InChI is InChI=1S/C16H20N4O4/c1-22-10-9-17-13-7-8-14(20-19-13)18-16(21)15-11(23-2)5-4-6-12(15)24-3/h4-8H,9-10H2,1-3H3,(H,17,19)(H,18,20,21). The summed E-state index contributed by atoms with van der Waals surface area (Å²) in [5.74, 6) is 1.36. The van der Waals surface area contributed by atoms with Crippen molar-refractivity contribution in [3.63, 3.8) is 0 Å². The van der Waals surface area contributed by atoms with Crippen LogP contribution in [0.15, 0.2) is 30.3 Å². The molecular formula is C16H20N4O4. The predicted molar refractivity (Wildman–Crippen MR) is 89.9 cm³/mol. The van der Waals surface area contributed by atoms with Gasteiger partial charge in [-0.05, 0) is 24.3 Å². The number of ether oxygens (including phenoxy) is 3. The molecule has 0 radical (unpaired) electrons. The normalized spacial score (nSPS) is 10.1. The minimum Gasteiger partial charge on any atom is -0.496 e. The largest absolute Gasteiger partial charge is 0.496 e. The number of carbonyl (C=O) groups excluding carboxylic acids is 1. The number of aromatic nitrogens is 2. The monoisotopic (exact) mass is 332 g/mol. The topological polar surface area (TPSA) is 94.6 Å². The summed E-state index contributed by atoms with van der Waals surface area (Å²) >= 11 is 0. The summed E-state index contributed by atoms with van der Waals surface area (Å²) in [4.78, 5) is 12.5. The molecule has 128 valence electrons. The molecule has 1 amide bonds. The molecule has 0 bridgehead atoms. The number of methoxy groups -OCH3 is 3. The molecule has 1 aromatic heterocycles. The van der Waals surface area contributed by atoms with Gasteiger partial charge in [0.15, 0.2) is 5.82 Å². The Kier molecular flexibility index (Phi) is 6.32. The first-order valence-corrected chi connectivity index (χ1v) is 7.28. The second kappa shape index (κ2) is 8.68. The van der Waals surface area contributed by atoms with E-state index >= 15 is 0 Å². The predicted octanol–water partition coefficient (Wildman–Crippen LogP) is 1.80. The Morgan fingerprint density at radius 1 is 1.00 bits per heavy atom. The van der Waals surface area contributed by atoms with E-state index in [2.05, 4.69) is 20.8 Å². The van der Waals surface area contributed by atoms with E-state index < -0.39 is 5.91 Å². The van der Waals surface area contributed by atoms with E-state index in [-0.39, 0.29) is 0 Å². The number of anilines is 2. The van der Waals surface area contributed by atoms with E-state index in [1.165, 1.54) is 14.2 Å². The fourth-order valence-corrected chi connectivity index (χ4v) is 2.03. The molecule has 0 saturated heterocycles. The van der Waals surface area contributed by atoms with Gasteiger partial charge < -0.3 is 24.8 Å². The van der Waals surface area contributed by atoms with E-state index in [0.29, 0.717) is 41.8 Å². The first-order valence-electron chi connectivity index (χ1n) is 7.28. The number of benzene rings is 1. The molecule has 2 aromatic rings. The number of nitrogens with one attached hydrogen (secondary N) is 2. The fourth-order valence-electron chi connectivity index (χ4n) is 2.03. The molecule has 0 spiro atoms. The van der Waals surface area contributed by atoms with Crippen LogP contribution in [-0.4, -0.2) is 50.6 Å². The first-order chi connectivity index (χ1) is 11.7. The smallest absolute Gasteiger partial charge is 0.264 e. The van der Waals surface area contributed by atoms with Gasteiger partial charge in [-0.15, -0.1) is 10.2 Å². The van der Waals surface area contributed by atoms with E-state index in [0.717, 1.165) is 0 Å². The number of rotatable bonds is 8. The fraction of sp³-hybridized carbons (Fsp3) is 0.312. The van der Waals surface area contributed by atoms with Crippen molar-refractivity contribution in [3.05, 3.63) is 35.9 Å². The van der Waals surface area contributed by atoms with Gasteiger partial charge in [-0.3, -0.25) is 4.79 Å². The highest BCUT2D eigenvalue weighted by molar-refractivity contribution is 6.07. The number of nitrogens with zero attached hydrogens (tertiary/aromatic N) is 2. The van der Waals surface area contributed by atoms with E-state index in [1.807, 2.05) is 0 Å². The zero-order chi connectivity index (χ0) is 17.4. The number of hydrogen-bond donors (Lipinski definition) is 2. The minimum absolute atomic E-state index is 0.298. The third kappa shape index (κ3) is 4.32. The summed E-state index contributed by atoms with van der Waals surface area (Å²) in [6, 6.07) is 8.49. The molecule has 1 heterocycles. The zero-order valence-corrected chi connectivity index (χ0v) is 13.8. The van der Waals surface area contributed by atoms with Crippen LogP contribution in [-0.2, 0) is 4.74 Å². The van der Waals surface area contributed by atoms with Crippen LogP contribution in [0.25, 0.3) is 0 Å². The summed E-state index contributed by atoms with van der Waals surface area (Å²) in [5.41, 5.74) is 0.298. The van der Waals surface area contributed by atoms with Crippen molar-refractivity contribution in [2.45, 2.75) is 0 Å². The van der Waals surface area contributed by atoms with E-state index in [9.17, 15) is 4.79 Å². The second-order valence-electron chi connectivity index (χ2n) is 4.72. The summed E-state index contributed by atoms with van der Waals surface area (Å²) in [5, 5.41) is 13.7. The van der Waals surface area contributed by atoms with Gasteiger partial charge in [0, 0.05) is 13.7 Å². The molecular weight excluding hydrogens is 312 g/mol. The first kappa shape index (κ1) is 17.5. The Balaban J connectivity index is 2.10. The van der Waals surface area contributed by atoms with Crippen LogP contribution in [0.3, 0.4) is 0 Å². The van der Waals surface area contributed by atoms with Crippen molar-refractivity contribution in [2.24, 2.45) is 0 Å². The van der Waals surface area contributed by atoms with E-state index in [1.54, 1.807) is 37.4 Å². The highest BCUT2D eigenvalue weighted by Gasteiger charge is 2.18. The van der Waals surface area contributed by atoms with Crippen LogP contribution in [0.5, 0.6) is 11.5 Å². The Hall–Kier alpha value is -2.87. The second-order valence-corrected chi connectivity index (χ2v) is 4.72. The van der Waals surface area contributed by atoms with Crippen LogP contribution in [0, 0.1) is 0 Å². The highest BCUT2D eigenvalue weighted by Crippen LogP contribution is 2.28. The average Bonchev–Trinajstić information content (AvgIpc) is 2.62. The van der Waals surface area contributed by atoms with Crippen molar-refractivity contribution in [1.82, 2.24) is 10.2 Å². The molecule has 1 aromatic carbocycles. The lowest BCUT2D eigenvalue weighted by molar-refractivity contribution is 0.102. The van der Waals surface area contributed by atoms with Gasteiger partial charge >= 0.3 is 0 Å². The number of carbonyl (C=O) groups is 1. The van der Waals surface area contributed by atoms with Crippen molar-refractivity contribution in [2.75, 3.05) is 45.1 Å². The van der Waals surface area contributed by atoms with Crippen molar-refractivity contribution < 1.29 is 19.0 Å². The SMILES string of the molecule is COCCNc1ccc(NC(=O)c2c(OC)cccc2OC)nn1. The summed E-state index contributed by atoms with van der Waals surface area (Å²) in [6.45, 7) is 1.18. The summed E-state index contributed by atoms with van der Waals surface area (Å²) < 4.78 is 15.4. The molecule has 24 heavy (non-hydrogen) atoms. The maximum Gasteiger partial charge on any atom is 0.264 e. The lowest BCUT2D eigenvalue weighted by Crippen LogP contribution is -2.16. The highest BCUT2D eigenvalue weighted by atomic mass is 16.5. The van der Waals surface area contributed by atoms with Gasteiger partial charge in [-0.2, -0.15) is 0 Å². The molecule has 2 N–H and O–H groups in total. The molecule has 0 saturated carbocycles. The summed E-state index contributed by atoms with van der Waals surface area (Å²) in [6.07, 6.45) is 0. The Labute approximate surface area is 140 Å². The van der Waals surface area contributed by atoms with Crippen LogP contribution >= 0.6 is 0 Å². The van der Waals surface area contributed by atoms with Gasteiger partial charge in [0.2, 0.25) is 0 Å². The third-order valence-electron chi connectivity index (χ3n) is 3.17. The Morgan fingerprint density at radius 2 is 1.62 bits per heavy atom. The molecule has 0 fully saturated rings. The van der Waals surface area contributed by atoms with Gasteiger partial charge in [0.25, 0.3) is 5.91 Å². The van der Waals surface area contributed by atoms with Gasteiger partial charge in [0.1, 0.15) is 22.9 Å². The maximum absolute atomic E-state index is 12.5. The van der Waals surface area contributed by atoms with Crippen LogP contribution < -0.4 is 20.1 Å². The van der Waals surface area contributed by atoms with Crippen molar-refractivity contribution in [1.29, 1.82) is 0 Å². The van der Waals surface area contributed by atoms with Crippen LogP contribution in [0.1, 0.15) is 10.4 Å². The molecule has 0 aliphatic heterocycles. The minimum atomic E-state index is -0.390. The van der Waals surface area contributed by atoms with Gasteiger partial charge in [-0.1, -0.05) is 6.07 Å². The van der Waals surface area contributed by atoms with Gasteiger partial charge in [-0.25, -0.2) is 0 Å². The van der Waals surface area contributed by atoms with Crippen molar-refractivity contribution >= 4 is 17.5 Å². The van der Waals surface area contributed by atoms with Crippen LogP contribution in [0.4, 0.5) is 11.6 Å². The van der Waals surface area contributed by atoms with E-state index in [4.69, 9.17) is 14.2 Å². The lowest BCUT2D eigenvalue weighted by atomic mass is 10.1. The summed E-state index contributed by atoms with van der Waals surface area (Å²) in [7, 11) is 4.61. The Morgan fingerprint density at radius 3 is 2.17 bits per heavy atom. The zero-order valence-electron chi connectivity index (χ0n) is 13.8. The number of amides is 1. The van der Waals surface area contributed by atoms with Crippen LogP contribution in [0.2, 0.25) is 0 Å². The molecule has 0 aliphatic rings. The number of hydrogen-bond acceptors (Lipinski definition) is 7. The molecule has 0 atom stereocenters. The van der Waals surface area contributed by atoms with Crippen molar-refractivity contribution in [3.8, 4) is 11.5 Å². The quantitative estimate of drug-likeness (QED) is 0.712. The van der Waals surface area contributed by atoms with Gasteiger partial charge in [0.05, 0.1) is 20.8 Å². The Bertz CT molecular complexity index is 654. The maximum atomic E-state index is 12.5. The third-order valence-corrected chi connectivity index (χ3v) is 3.17. The lowest BCUT2D eigenvalue weighted by Gasteiger charge is -2.12.